The fraction of sp³-hybridized carbons (Fsp3) is 0.909. The van der Waals surface area contributed by atoms with Crippen LogP contribution in [0.25, 0.3) is 0 Å². The number of amides is 1. The standard InChI is InChI=1S/C22H45N5O2/c1-9-23-20(25-19-10-12-27(13-11-19)15-17(2)3)24-14-18(4)16-26(8)21(28)29-22(5,6)7/h17-19H,9-16H2,1-8H3,(H2,23,24,25). The number of guanidine groups is 1. The van der Waals surface area contributed by atoms with Crippen LogP contribution in [0, 0.1) is 11.8 Å². The van der Waals surface area contributed by atoms with E-state index < -0.39 is 5.60 Å². The van der Waals surface area contributed by atoms with E-state index in [1.807, 2.05) is 20.8 Å². The second kappa shape index (κ2) is 12.3. The third-order valence-corrected chi connectivity index (χ3v) is 4.75. The highest BCUT2D eigenvalue weighted by Gasteiger charge is 2.22. The number of likely N-dealkylation sites (tertiary alicyclic amines) is 1. The third-order valence-electron chi connectivity index (χ3n) is 4.75. The number of rotatable bonds is 8. The number of carbonyl (C=O) groups excluding carboxylic acids is 1. The van der Waals surface area contributed by atoms with Gasteiger partial charge in [0.15, 0.2) is 5.96 Å². The Bertz CT molecular complexity index is 508. The van der Waals surface area contributed by atoms with Crippen molar-refractivity contribution in [2.45, 2.75) is 73.0 Å². The third kappa shape index (κ3) is 11.3. The Morgan fingerprint density at radius 2 is 1.86 bits per heavy atom. The molecule has 1 fully saturated rings. The molecule has 1 aliphatic heterocycles. The summed E-state index contributed by atoms with van der Waals surface area (Å²) in [4.78, 5) is 21.1. The van der Waals surface area contributed by atoms with E-state index >= 15 is 0 Å². The number of nitrogens with zero attached hydrogens (tertiary/aromatic N) is 3. The highest BCUT2D eigenvalue weighted by Crippen LogP contribution is 2.13. The maximum absolute atomic E-state index is 12.1. The molecule has 170 valence electrons. The van der Waals surface area contributed by atoms with Crippen molar-refractivity contribution in [3.8, 4) is 0 Å². The van der Waals surface area contributed by atoms with Crippen molar-refractivity contribution in [2.75, 3.05) is 46.3 Å². The van der Waals surface area contributed by atoms with Crippen LogP contribution in [0.3, 0.4) is 0 Å². The Balaban J connectivity index is 2.47. The number of hydrogen-bond donors (Lipinski definition) is 2. The van der Waals surface area contributed by atoms with Gasteiger partial charge < -0.3 is 25.2 Å². The average Bonchev–Trinajstić information content (AvgIpc) is 2.59. The lowest BCUT2D eigenvalue weighted by molar-refractivity contribution is 0.0279. The molecule has 1 atom stereocenters. The molecule has 1 heterocycles. The maximum Gasteiger partial charge on any atom is 0.410 e. The summed E-state index contributed by atoms with van der Waals surface area (Å²) in [6.07, 6.45) is 2.01. The van der Waals surface area contributed by atoms with Crippen molar-refractivity contribution < 1.29 is 9.53 Å². The zero-order valence-electron chi connectivity index (χ0n) is 20.0. The molecule has 0 bridgehead atoms. The molecule has 0 radical (unpaired) electrons. The van der Waals surface area contributed by atoms with Crippen molar-refractivity contribution in [3.63, 3.8) is 0 Å². The van der Waals surface area contributed by atoms with E-state index in [2.05, 4.69) is 43.2 Å². The van der Waals surface area contributed by atoms with Crippen molar-refractivity contribution in [1.29, 1.82) is 0 Å². The SMILES string of the molecule is CCNC(=NCC(C)CN(C)C(=O)OC(C)(C)C)NC1CCN(CC(C)C)CC1. The molecule has 7 nitrogen and oxygen atoms in total. The lowest BCUT2D eigenvalue weighted by atomic mass is 10.0. The molecule has 1 unspecified atom stereocenters. The lowest BCUT2D eigenvalue weighted by Crippen LogP contribution is -2.49. The van der Waals surface area contributed by atoms with E-state index in [-0.39, 0.29) is 12.0 Å². The zero-order valence-corrected chi connectivity index (χ0v) is 20.0. The molecule has 1 amide bonds. The first kappa shape index (κ1) is 25.5. The monoisotopic (exact) mass is 411 g/mol. The van der Waals surface area contributed by atoms with Gasteiger partial charge in [-0.25, -0.2) is 4.79 Å². The van der Waals surface area contributed by atoms with Gasteiger partial charge in [0.2, 0.25) is 0 Å². The highest BCUT2D eigenvalue weighted by atomic mass is 16.6. The van der Waals surface area contributed by atoms with Gasteiger partial charge in [-0.3, -0.25) is 4.99 Å². The van der Waals surface area contributed by atoms with Crippen molar-refractivity contribution in [3.05, 3.63) is 0 Å². The van der Waals surface area contributed by atoms with Crippen LogP contribution in [-0.2, 0) is 4.74 Å². The first-order chi connectivity index (χ1) is 13.5. The Kier molecular flexibility index (Phi) is 10.8. The Morgan fingerprint density at radius 3 is 2.38 bits per heavy atom. The fourth-order valence-electron chi connectivity index (χ4n) is 3.48. The topological polar surface area (TPSA) is 69.2 Å². The van der Waals surface area contributed by atoms with Crippen LogP contribution in [0.5, 0.6) is 0 Å². The summed E-state index contributed by atoms with van der Waals surface area (Å²) in [6.45, 7) is 20.0. The first-order valence-electron chi connectivity index (χ1n) is 11.2. The summed E-state index contributed by atoms with van der Waals surface area (Å²) >= 11 is 0. The van der Waals surface area contributed by atoms with Crippen LogP contribution < -0.4 is 10.6 Å². The van der Waals surface area contributed by atoms with Crippen LogP contribution in [-0.4, -0.2) is 79.8 Å². The van der Waals surface area contributed by atoms with Gasteiger partial charge in [0.25, 0.3) is 0 Å². The second-order valence-corrected chi connectivity index (χ2v) is 9.80. The van der Waals surface area contributed by atoms with Gasteiger partial charge in [0.1, 0.15) is 5.60 Å². The van der Waals surface area contributed by atoms with Gasteiger partial charge in [0.05, 0.1) is 0 Å². The van der Waals surface area contributed by atoms with Crippen LogP contribution in [0.2, 0.25) is 0 Å². The zero-order chi connectivity index (χ0) is 22.0. The largest absolute Gasteiger partial charge is 0.444 e. The molecule has 0 aromatic heterocycles. The molecule has 0 aromatic rings. The molecule has 0 saturated carbocycles. The highest BCUT2D eigenvalue weighted by molar-refractivity contribution is 5.80. The van der Waals surface area contributed by atoms with Crippen molar-refractivity contribution in [2.24, 2.45) is 16.8 Å². The van der Waals surface area contributed by atoms with E-state index in [1.165, 1.54) is 6.54 Å². The number of carbonyl (C=O) groups is 1. The number of nitrogens with one attached hydrogen (secondary N) is 2. The number of ether oxygens (including phenoxy) is 1. The van der Waals surface area contributed by atoms with Gasteiger partial charge in [-0.1, -0.05) is 20.8 Å². The fourth-order valence-corrected chi connectivity index (χ4v) is 3.48. The Labute approximate surface area is 178 Å². The molecule has 0 aromatic carbocycles. The smallest absolute Gasteiger partial charge is 0.410 e. The number of hydrogen-bond acceptors (Lipinski definition) is 4. The van der Waals surface area contributed by atoms with E-state index in [0.29, 0.717) is 19.1 Å². The summed E-state index contributed by atoms with van der Waals surface area (Å²) in [5, 5.41) is 6.96. The number of aliphatic imine (C=N–C) groups is 1. The van der Waals surface area contributed by atoms with Gasteiger partial charge in [0, 0.05) is 52.4 Å². The molecule has 2 N–H and O–H groups in total. The van der Waals surface area contributed by atoms with E-state index in [0.717, 1.165) is 44.4 Å². The molecule has 0 aliphatic carbocycles. The van der Waals surface area contributed by atoms with E-state index in [1.54, 1.807) is 11.9 Å². The maximum atomic E-state index is 12.1. The second-order valence-electron chi connectivity index (χ2n) is 9.80. The predicted octanol–water partition coefficient (Wildman–Crippen LogP) is 3.16. The van der Waals surface area contributed by atoms with Gasteiger partial charge in [-0.15, -0.1) is 0 Å². The number of piperidine rings is 1. The minimum absolute atomic E-state index is 0.246. The lowest BCUT2D eigenvalue weighted by Gasteiger charge is -2.34. The summed E-state index contributed by atoms with van der Waals surface area (Å²) in [5.41, 5.74) is -0.473. The predicted molar refractivity (Wildman–Crippen MR) is 121 cm³/mol. The minimum atomic E-state index is -0.473. The molecule has 1 rings (SSSR count). The molecular formula is C22H45N5O2. The van der Waals surface area contributed by atoms with Gasteiger partial charge in [-0.2, -0.15) is 0 Å². The molecule has 1 saturated heterocycles. The van der Waals surface area contributed by atoms with Crippen molar-refractivity contribution in [1.82, 2.24) is 20.4 Å². The molecule has 29 heavy (non-hydrogen) atoms. The van der Waals surface area contributed by atoms with Crippen LogP contribution in [0.4, 0.5) is 4.79 Å². The molecular weight excluding hydrogens is 366 g/mol. The van der Waals surface area contributed by atoms with Crippen LogP contribution in [0.1, 0.15) is 61.3 Å². The Hall–Kier alpha value is -1.50. The van der Waals surface area contributed by atoms with Crippen LogP contribution >= 0.6 is 0 Å². The van der Waals surface area contributed by atoms with E-state index in [9.17, 15) is 4.79 Å². The molecule has 0 spiro atoms. The van der Waals surface area contributed by atoms with Crippen LogP contribution in [0.15, 0.2) is 4.99 Å². The summed E-state index contributed by atoms with van der Waals surface area (Å²) in [7, 11) is 1.78. The average molecular weight is 412 g/mol. The normalized spacial score (nSPS) is 17.9. The summed E-state index contributed by atoms with van der Waals surface area (Å²) < 4.78 is 5.42. The molecule has 1 aliphatic rings. The molecule has 7 heteroatoms. The first-order valence-corrected chi connectivity index (χ1v) is 11.2. The minimum Gasteiger partial charge on any atom is -0.444 e. The Morgan fingerprint density at radius 1 is 1.24 bits per heavy atom. The summed E-state index contributed by atoms with van der Waals surface area (Å²) in [5.74, 6) is 1.84. The summed E-state index contributed by atoms with van der Waals surface area (Å²) in [6, 6.07) is 0.468. The van der Waals surface area contributed by atoms with E-state index in [4.69, 9.17) is 9.73 Å². The quantitative estimate of drug-likeness (QED) is 0.474. The van der Waals surface area contributed by atoms with Gasteiger partial charge in [-0.05, 0) is 52.4 Å². The van der Waals surface area contributed by atoms with Crippen molar-refractivity contribution >= 4 is 12.1 Å². The van der Waals surface area contributed by atoms with Gasteiger partial charge >= 0.3 is 6.09 Å².